The molecule has 0 atom stereocenters. The van der Waals surface area contributed by atoms with Crippen molar-refractivity contribution in [2.45, 2.75) is 24.1 Å². The van der Waals surface area contributed by atoms with E-state index in [0.29, 0.717) is 0 Å². The minimum atomic E-state index is -1.40. The Labute approximate surface area is 69.7 Å². The number of carbonyl (C=O) groups excluding carboxylic acids is 1. The van der Waals surface area contributed by atoms with Gasteiger partial charge >= 0.3 is 0 Å². The van der Waals surface area contributed by atoms with E-state index in [2.05, 4.69) is 0 Å². The van der Waals surface area contributed by atoms with Crippen LogP contribution >= 0.6 is 23.2 Å². The lowest BCUT2D eigenvalue weighted by atomic mass is 10.2. The monoisotopic (exact) mass is 179 g/mol. The molecule has 0 fully saturated rings. The molecule has 10 heavy (non-hydrogen) atoms. The lowest BCUT2D eigenvalue weighted by Crippen LogP contribution is -2.10. The number of carbonyl (C=O) groups is 1. The molecule has 0 aromatic rings. The van der Waals surface area contributed by atoms with E-state index in [1.54, 1.807) is 6.07 Å². The molecule has 0 aliphatic rings. The zero-order chi connectivity index (χ0) is 8.20. The van der Waals surface area contributed by atoms with E-state index in [1.807, 2.05) is 0 Å². The van der Waals surface area contributed by atoms with Gasteiger partial charge in [0.15, 0.2) is 0 Å². The van der Waals surface area contributed by atoms with E-state index in [-0.39, 0.29) is 18.6 Å². The highest BCUT2D eigenvalue weighted by Gasteiger charge is 2.22. The van der Waals surface area contributed by atoms with Crippen molar-refractivity contribution in [2.24, 2.45) is 0 Å². The van der Waals surface area contributed by atoms with E-state index in [4.69, 9.17) is 28.5 Å². The number of Topliss-reactive ketones (excluding diaryl/α,β-unsaturated/α-hetero) is 1. The summed E-state index contributed by atoms with van der Waals surface area (Å²) in [6, 6.07) is 1.68. The van der Waals surface area contributed by atoms with Gasteiger partial charge in [0.25, 0.3) is 0 Å². The predicted molar refractivity (Wildman–Crippen MR) is 40.0 cm³/mol. The highest BCUT2D eigenvalue weighted by molar-refractivity contribution is 6.50. The molecule has 0 rings (SSSR count). The van der Waals surface area contributed by atoms with Crippen molar-refractivity contribution in [3.63, 3.8) is 0 Å². The Kier molecular flexibility index (Phi) is 3.70. The third kappa shape index (κ3) is 4.60. The quantitative estimate of drug-likeness (QED) is 0.623. The Hall–Kier alpha value is -0.260. The topological polar surface area (TPSA) is 40.9 Å². The first kappa shape index (κ1) is 9.74. The van der Waals surface area contributed by atoms with Crippen LogP contribution in [-0.4, -0.2) is 10.1 Å². The molecule has 0 aliphatic carbocycles. The average molecular weight is 180 g/mol. The normalized spacial score (nSPS) is 10.6. The molecule has 0 amide bonds. The van der Waals surface area contributed by atoms with Crippen molar-refractivity contribution in [3.8, 4) is 6.07 Å². The Morgan fingerprint density at radius 1 is 1.70 bits per heavy atom. The standard InChI is InChI=1S/C6H7Cl2NO/c1-5(10)2-3-6(7,8)4-9/h2-3H2,1H3. The van der Waals surface area contributed by atoms with Gasteiger partial charge in [-0.15, -0.1) is 0 Å². The predicted octanol–water partition coefficient (Wildman–Crippen LogP) is 2.05. The van der Waals surface area contributed by atoms with E-state index in [9.17, 15) is 4.79 Å². The van der Waals surface area contributed by atoms with E-state index in [0.717, 1.165) is 0 Å². The largest absolute Gasteiger partial charge is 0.300 e. The molecule has 0 saturated carbocycles. The van der Waals surface area contributed by atoms with Crippen molar-refractivity contribution in [1.29, 1.82) is 5.26 Å². The molecular weight excluding hydrogens is 173 g/mol. The van der Waals surface area contributed by atoms with Crippen LogP contribution in [-0.2, 0) is 4.79 Å². The Bertz CT molecular complexity index is 171. The first-order chi connectivity index (χ1) is 4.48. The summed E-state index contributed by atoms with van der Waals surface area (Å²) in [5, 5.41) is 8.28. The maximum atomic E-state index is 10.4. The molecule has 0 aromatic carbocycles. The van der Waals surface area contributed by atoms with Gasteiger partial charge in [-0.25, -0.2) is 0 Å². The second-order valence-corrected chi connectivity index (χ2v) is 3.50. The van der Waals surface area contributed by atoms with Gasteiger partial charge in [0.1, 0.15) is 11.9 Å². The molecule has 0 aromatic heterocycles. The molecule has 0 spiro atoms. The Morgan fingerprint density at radius 2 is 2.20 bits per heavy atom. The van der Waals surface area contributed by atoms with Gasteiger partial charge in [-0.3, -0.25) is 0 Å². The van der Waals surface area contributed by atoms with E-state index >= 15 is 0 Å². The zero-order valence-corrected chi connectivity index (χ0v) is 7.04. The molecule has 2 nitrogen and oxygen atoms in total. The van der Waals surface area contributed by atoms with Crippen molar-refractivity contribution < 1.29 is 4.79 Å². The van der Waals surface area contributed by atoms with Crippen LogP contribution < -0.4 is 0 Å². The third-order valence-electron chi connectivity index (χ3n) is 0.955. The number of halogens is 2. The molecule has 56 valence electrons. The molecule has 0 N–H and O–H groups in total. The summed E-state index contributed by atoms with van der Waals surface area (Å²) in [6.45, 7) is 1.43. The molecule has 4 heteroatoms. The number of nitriles is 1. The minimum Gasteiger partial charge on any atom is -0.300 e. The first-order valence-corrected chi connectivity index (χ1v) is 3.52. The van der Waals surface area contributed by atoms with Crippen LogP contribution in [0.2, 0.25) is 0 Å². The van der Waals surface area contributed by atoms with Gasteiger partial charge < -0.3 is 4.79 Å². The summed E-state index contributed by atoms with van der Waals surface area (Å²) in [5.74, 6) is -0.0130. The molecule has 0 bridgehead atoms. The van der Waals surface area contributed by atoms with Gasteiger partial charge in [-0.05, 0) is 6.92 Å². The van der Waals surface area contributed by atoms with E-state index < -0.39 is 4.33 Å². The van der Waals surface area contributed by atoms with Crippen LogP contribution in [0.5, 0.6) is 0 Å². The van der Waals surface area contributed by atoms with E-state index in [1.165, 1.54) is 6.92 Å². The van der Waals surface area contributed by atoms with Crippen molar-refractivity contribution in [3.05, 3.63) is 0 Å². The number of hydrogen-bond donors (Lipinski definition) is 0. The minimum absolute atomic E-state index is 0.0130. The van der Waals surface area contributed by atoms with Crippen molar-refractivity contribution in [1.82, 2.24) is 0 Å². The third-order valence-corrected chi connectivity index (χ3v) is 1.50. The lowest BCUT2D eigenvalue weighted by molar-refractivity contribution is -0.117. The first-order valence-electron chi connectivity index (χ1n) is 2.76. The molecule has 0 aliphatic heterocycles. The second-order valence-electron chi connectivity index (χ2n) is 2.02. The SMILES string of the molecule is CC(=O)CCC(Cl)(Cl)C#N. The fourth-order valence-corrected chi connectivity index (χ4v) is 0.578. The Morgan fingerprint density at radius 3 is 2.50 bits per heavy atom. The highest BCUT2D eigenvalue weighted by Crippen LogP contribution is 2.25. The van der Waals surface area contributed by atoms with Crippen LogP contribution in [0.15, 0.2) is 0 Å². The molecule has 0 saturated heterocycles. The lowest BCUT2D eigenvalue weighted by Gasteiger charge is -2.06. The summed E-state index contributed by atoms with van der Waals surface area (Å²) in [5.41, 5.74) is 0. The van der Waals surface area contributed by atoms with Crippen LogP contribution in [0.25, 0.3) is 0 Å². The summed E-state index contributed by atoms with van der Waals surface area (Å²) >= 11 is 10.8. The molecule has 0 unspecified atom stereocenters. The maximum absolute atomic E-state index is 10.4. The number of nitrogens with zero attached hydrogens (tertiary/aromatic N) is 1. The molecular formula is C6H7Cl2NO. The summed E-state index contributed by atoms with van der Waals surface area (Å²) in [4.78, 5) is 10.4. The molecule has 0 radical (unpaired) electrons. The summed E-state index contributed by atoms with van der Waals surface area (Å²) in [7, 11) is 0. The second kappa shape index (κ2) is 3.80. The smallest absolute Gasteiger partial charge is 0.203 e. The fraction of sp³-hybridized carbons (Fsp3) is 0.667. The molecule has 0 heterocycles. The highest BCUT2D eigenvalue weighted by atomic mass is 35.5. The Balaban J connectivity index is 3.71. The van der Waals surface area contributed by atoms with Crippen LogP contribution in [0.1, 0.15) is 19.8 Å². The number of ketones is 1. The van der Waals surface area contributed by atoms with Crippen LogP contribution in [0.3, 0.4) is 0 Å². The van der Waals surface area contributed by atoms with Crippen molar-refractivity contribution >= 4 is 29.0 Å². The summed E-state index contributed by atoms with van der Waals surface area (Å²) < 4.78 is -1.40. The zero-order valence-electron chi connectivity index (χ0n) is 5.53. The van der Waals surface area contributed by atoms with Gasteiger partial charge in [-0.1, -0.05) is 23.2 Å². The van der Waals surface area contributed by atoms with Gasteiger partial charge in [0, 0.05) is 12.8 Å². The van der Waals surface area contributed by atoms with Gasteiger partial charge in [0.05, 0.1) is 0 Å². The van der Waals surface area contributed by atoms with Crippen LogP contribution in [0, 0.1) is 11.3 Å². The fourth-order valence-electron chi connectivity index (χ4n) is 0.389. The maximum Gasteiger partial charge on any atom is 0.203 e. The average Bonchev–Trinajstić information content (AvgIpc) is 1.85. The van der Waals surface area contributed by atoms with Gasteiger partial charge in [-0.2, -0.15) is 5.26 Å². The number of hydrogen-bond acceptors (Lipinski definition) is 2. The van der Waals surface area contributed by atoms with Crippen molar-refractivity contribution in [2.75, 3.05) is 0 Å². The summed E-state index contributed by atoms with van der Waals surface area (Å²) in [6.07, 6.45) is 0.447. The van der Waals surface area contributed by atoms with Gasteiger partial charge in [0.2, 0.25) is 4.33 Å². The van der Waals surface area contributed by atoms with Crippen LogP contribution in [0.4, 0.5) is 0 Å². The number of alkyl halides is 2. The number of rotatable bonds is 3.